The smallest absolute Gasteiger partial charge is 0.245 e. The van der Waals surface area contributed by atoms with Crippen molar-refractivity contribution in [2.75, 3.05) is 16.2 Å². The van der Waals surface area contributed by atoms with Crippen molar-refractivity contribution in [2.45, 2.75) is 0 Å². The highest BCUT2D eigenvalue weighted by molar-refractivity contribution is 8.09. The van der Waals surface area contributed by atoms with Gasteiger partial charge in [-0.2, -0.15) is 8.97 Å². The van der Waals surface area contributed by atoms with Gasteiger partial charge in [-0.05, 0) is 29.8 Å². The average Bonchev–Trinajstić information content (AvgIpc) is 2.77. The molecule has 122 valence electrons. The van der Waals surface area contributed by atoms with Gasteiger partial charge in [0, 0.05) is 12.7 Å². The van der Waals surface area contributed by atoms with Crippen molar-refractivity contribution < 1.29 is 16.8 Å². The fourth-order valence-corrected chi connectivity index (χ4v) is 5.27. The second-order valence-electron chi connectivity index (χ2n) is 5.04. The minimum absolute atomic E-state index is 0.0356. The van der Waals surface area contributed by atoms with Gasteiger partial charge < -0.3 is 4.57 Å². The van der Waals surface area contributed by atoms with Gasteiger partial charge in [0.05, 0.1) is 18.2 Å². The number of sulfonamides is 2. The largest absolute Gasteiger partial charge is 0.335 e. The van der Waals surface area contributed by atoms with E-state index in [1.165, 1.54) is 12.1 Å². The molecule has 0 aliphatic carbocycles. The maximum absolute atomic E-state index is 11.7. The van der Waals surface area contributed by atoms with Crippen molar-refractivity contribution >= 4 is 25.7 Å². The predicted molar refractivity (Wildman–Crippen MR) is 87.7 cm³/mol. The molecular formula is C14H15N3O4S2. The van der Waals surface area contributed by atoms with Crippen LogP contribution in [0.5, 0.6) is 0 Å². The molecule has 0 spiro atoms. The van der Waals surface area contributed by atoms with Crippen molar-refractivity contribution in [3.05, 3.63) is 42.1 Å². The molecule has 0 bridgehead atoms. The van der Waals surface area contributed by atoms with E-state index in [4.69, 9.17) is 5.26 Å². The van der Waals surface area contributed by atoms with Gasteiger partial charge in [0.15, 0.2) is 0 Å². The van der Waals surface area contributed by atoms with E-state index in [1.54, 1.807) is 35.9 Å². The van der Waals surface area contributed by atoms with Crippen LogP contribution in [0.1, 0.15) is 5.69 Å². The van der Waals surface area contributed by atoms with Gasteiger partial charge in [0.1, 0.15) is 11.8 Å². The van der Waals surface area contributed by atoms with Crippen LogP contribution in [0.2, 0.25) is 0 Å². The van der Waals surface area contributed by atoms with Gasteiger partial charge >= 0.3 is 0 Å². The molecule has 0 aliphatic heterocycles. The summed E-state index contributed by atoms with van der Waals surface area (Å²) in [6, 6.07) is 11.5. The van der Waals surface area contributed by atoms with E-state index >= 15 is 0 Å². The molecule has 0 amide bonds. The van der Waals surface area contributed by atoms with Crippen molar-refractivity contribution in [1.29, 1.82) is 5.26 Å². The zero-order valence-corrected chi connectivity index (χ0v) is 14.4. The summed E-state index contributed by atoms with van der Waals surface area (Å²) >= 11 is 0. The summed E-state index contributed by atoms with van der Waals surface area (Å²) in [6.45, 7) is 0. The van der Waals surface area contributed by atoms with E-state index in [1.807, 2.05) is 0 Å². The van der Waals surface area contributed by atoms with Gasteiger partial charge in [-0.1, -0.05) is 12.1 Å². The molecule has 1 aromatic carbocycles. The summed E-state index contributed by atoms with van der Waals surface area (Å²) < 4.78 is 49.0. The Bertz CT molecular complexity index is 950. The Morgan fingerprint density at radius 2 is 1.48 bits per heavy atom. The van der Waals surface area contributed by atoms with Crippen molar-refractivity contribution in [3.8, 4) is 17.3 Å². The van der Waals surface area contributed by atoms with Crippen LogP contribution in [-0.2, 0) is 27.1 Å². The Labute approximate surface area is 135 Å². The first-order valence-corrected chi connectivity index (χ1v) is 10.1. The monoisotopic (exact) mass is 353 g/mol. The number of rotatable bonds is 4. The van der Waals surface area contributed by atoms with E-state index < -0.39 is 20.0 Å². The second-order valence-corrected chi connectivity index (χ2v) is 8.94. The quantitative estimate of drug-likeness (QED) is 0.824. The number of hydrogen-bond donors (Lipinski definition) is 0. The molecule has 0 atom stereocenters. The Morgan fingerprint density at radius 1 is 0.957 bits per heavy atom. The zero-order chi connectivity index (χ0) is 17.4. The van der Waals surface area contributed by atoms with Crippen molar-refractivity contribution in [1.82, 2.24) is 4.57 Å². The number of aromatic nitrogens is 1. The maximum Gasteiger partial charge on any atom is 0.245 e. The minimum atomic E-state index is -3.96. The SMILES string of the molecule is Cn1c(C#N)ccc1-c1ccc(N(S(C)(=O)=O)S(C)(=O)=O)cc1. The molecule has 0 aliphatic rings. The molecule has 2 rings (SSSR count). The highest BCUT2D eigenvalue weighted by Crippen LogP contribution is 2.26. The number of nitrogens with zero attached hydrogens (tertiary/aromatic N) is 3. The summed E-state index contributed by atoms with van der Waals surface area (Å²) in [6.07, 6.45) is 1.66. The molecule has 0 saturated carbocycles. The molecule has 1 heterocycles. The maximum atomic E-state index is 11.7. The van der Waals surface area contributed by atoms with Crippen LogP contribution in [0.25, 0.3) is 11.3 Å². The van der Waals surface area contributed by atoms with Crippen molar-refractivity contribution in [2.24, 2.45) is 7.05 Å². The molecule has 0 fully saturated rings. The first-order chi connectivity index (χ1) is 10.6. The minimum Gasteiger partial charge on any atom is -0.335 e. The van der Waals surface area contributed by atoms with E-state index in [9.17, 15) is 16.8 Å². The summed E-state index contributed by atoms with van der Waals surface area (Å²) in [5.41, 5.74) is 2.02. The molecule has 1 aromatic heterocycles. The molecule has 9 heteroatoms. The lowest BCUT2D eigenvalue weighted by molar-refractivity contribution is 0.590. The van der Waals surface area contributed by atoms with Gasteiger partial charge in [0.2, 0.25) is 20.0 Å². The summed E-state index contributed by atoms with van der Waals surface area (Å²) in [4.78, 5) is 0. The van der Waals surface area contributed by atoms with Crippen LogP contribution in [0.4, 0.5) is 5.69 Å². The van der Waals surface area contributed by atoms with Gasteiger partial charge in [-0.25, -0.2) is 16.8 Å². The first-order valence-electron chi connectivity index (χ1n) is 6.42. The third kappa shape index (κ3) is 3.38. The molecule has 0 radical (unpaired) electrons. The molecule has 0 saturated heterocycles. The molecule has 0 unspecified atom stereocenters. The van der Waals surface area contributed by atoms with Gasteiger partial charge in [-0.15, -0.1) is 0 Å². The number of benzene rings is 1. The molecular weight excluding hydrogens is 338 g/mol. The Morgan fingerprint density at radius 3 is 1.87 bits per heavy atom. The van der Waals surface area contributed by atoms with Crippen LogP contribution >= 0.6 is 0 Å². The van der Waals surface area contributed by atoms with Crippen LogP contribution in [-0.4, -0.2) is 33.9 Å². The van der Waals surface area contributed by atoms with E-state index in [0.717, 1.165) is 23.8 Å². The number of anilines is 1. The number of nitriles is 1. The Kier molecular flexibility index (Phi) is 4.24. The summed E-state index contributed by atoms with van der Waals surface area (Å²) in [5, 5.41) is 8.96. The Hall–Kier alpha value is -2.31. The second kappa shape index (κ2) is 5.72. The third-order valence-corrected chi connectivity index (χ3v) is 6.46. The highest BCUT2D eigenvalue weighted by Gasteiger charge is 2.27. The average molecular weight is 353 g/mol. The van der Waals surface area contributed by atoms with E-state index in [-0.39, 0.29) is 5.69 Å². The standard InChI is InChI=1S/C14H15N3O4S2/c1-16-13(10-15)8-9-14(16)11-4-6-12(7-5-11)17(22(2,18)19)23(3,20)21/h4-9H,1-3H3. The van der Waals surface area contributed by atoms with Gasteiger partial charge in [0.25, 0.3) is 0 Å². The van der Waals surface area contributed by atoms with Crippen LogP contribution in [0, 0.1) is 11.3 Å². The molecule has 7 nitrogen and oxygen atoms in total. The summed E-state index contributed by atoms with van der Waals surface area (Å²) in [7, 11) is -6.19. The molecule has 23 heavy (non-hydrogen) atoms. The van der Waals surface area contributed by atoms with E-state index in [2.05, 4.69) is 6.07 Å². The fourth-order valence-electron chi connectivity index (χ4n) is 2.30. The Balaban J connectivity index is 2.51. The van der Waals surface area contributed by atoms with Gasteiger partial charge in [-0.3, -0.25) is 0 Å². The fraction of sp³-hybridized carbons (Fsp3) is 0.214. The lowest BCUT2D eigenvalue weighted by Crippen LogP contribution is -2.35. The number of hydrogen-bond acceptors (Lipinski definition) is 5. The molecule has 0 N–H and O–H groups in total. The topological polar surface area (TPSA) is 100 Å². The van der Waals surface area contributed by atoms with Crippen LogP contribution in [0.3, 0.4) is 0 Å². The lowest BCUT2D eigenvalue weighted by Gasteiger charge is -2.20. The highest BCUT2D eigenvalue weighted by atomic mass is 32.3. The van der Waals surface area contributed by atoms with Crippen LogP contribution in [0.15, 0.2) is 36.4 Å². The zero-order valence-electron chi connectivity index (χ0n) is 12.8. The third-order valence-electron chi connectivity index (χ3n) is 3.21. The lowest BCUT2D eigenvalue weighted by atomic mass is 10.1. The van der Waals surface area contributed by atoms with Crippen molar-refractivity contribution in [3.63, 3.8) is 0 Å². The summed E-state index contributed by atoms with van der Waals surface area (Å²) in [5.74, 6) is 0. The first kappa shape index (κ1) is 17.1. The van der Waals surface area contributed by atoms with Crippen LogP contribution < -0.4 is 3.71 Å². The molecule has 2 aromatic rings. The van der Waals surface area contributed by atoms with E-state index in [0.29, 0.717) is 9.40 Å². The predicted octanol–water partition coefficient (Wildman–Crippen LogP) is 1.29. The normalized spacial score (nSPS) is 11.9.